The molecule has 2 aliphatic heterocycles. The molecule has 9 heteroatoms. The molecule has 1 saturated carbocycles. The highest BCUT2D eigenvalue weighted by molar-refractivity contribution is 6.25. The topological polar surface area (TPSA) is 121 Å². The van der Waals surface area contributed by atoms with Crippen LogP contribution in [0.5, 0.6) is 5.75 Å². The van der Waals surface area contributed by atoms with Crippen LogP contribution in [-0.2, 0) is 19.2 Å². The van der Waals surface area contributed by atoms with Crippen LogP contribution in [0, 0.1) is 29.1 Å². The molecule has 1 aromatic heterocycles. The first-order chi connectivity index (χ1) is 23.8. The fraction of sp³-hybridized carbons (Fsp3) is 0.225. The molecule has 6 atom stereocenters. The number of rotatable bonds is 4. The zero-order chi connectivity index (χ0) is 33.6. The highest BCUT2D eigenvalue weighted by Gasteiger charge is 2.68. The first-order valence-electron chi connectivity index (χ1n) is 16.5. The summed E-state index contributed by atoms with van der Waals surface area (Å²) in [6.07, 6.45) is 2.54. The molecule has 5 aromatic rings. The van der Waals surface area contributed by atoms with E-state index in [1.807, 2.05) is 43.3 Å². The molecule has 4 amide bonds. The Morgan fingerprint density at radius 2 is 1.45 bits per heavy atom. The summed E-state index contributed by atoms with van der Waals surface area (Å²) in [5.74, 6) is -4.05. The number of phenolic OH excluding ortho intramolecular Hbond substituents is 1. The van der Waals surface area contributed by atoms with Gasteiger partial charge in [0.2, 0.25) is 29.5 Å². The number of oxazole rings is 1. The predicted molar refractivity (Wildman–Crippen MR) is 181 cm³/mol. The lowest BCUT2D eigenvalue weighted by molar-refractivity contribution is -0.131. The molecule has 3 heterocycles. The summed E-state index contributed by atoms with van der Waals surface area (Å²) in [6.45, 7) is 1.81. The maximum Gasteiger partial charge on any atom is 0.241 e. The van der Waals surface area contributed by atoms with Crippen LogP contribution < -0.4 is 9.80 Å². The van der Waals surface area contributed by atoms with Gasteiger partial charge in [-0.3, -0.25) is 24.1 Å². The van der Waals surface area contributed by atoms with Crippen LogP contribution in [0.1, 0.15) is 31.2 Å². The van der Waals surface area contributed by atoms with Crippen molar-refractivity contribution in [3.8, 4) is 17.2 Å². The number of benzene rings is 4. The molecule has 2 aliphatic carbocycles. The highest BCUT2D eigenvalue weighted by atomic mass is 16.3. The number of anilines is 2. The van der Waals surface area contributed by atoms with Crippen LogP contribution in [0.25, 0.3) is 22.6 Å². The third-order valence-electron chi connectivity index (χ3n) is 11.2. The van der Waals surface area contributed by atoms with E-state index in [0.717, 1.165) is 11.1 Å². The molecule has 0 radical (unpaired) electrons. The summed E-state index contributed by atoms with van der Waals surface area (Å²) in [7, 11) is 0. The Kier molecular flexibility index (Phi) is 6.33. The van der Waals surface area contributed by atoms with Crippen LogP contribution in [0.2, 0.25) is 0 Å². The van der Waals surface area contributed by atoms with Crippen LogP contribution >= 0.6 is 0 Å². The van der Waals surface area contributed by atoms with E-state index in [4.69, 9.17) is 4.42 Å². The minimum absolute atomic E-state index is 0.0176. The number of amides is 4. The molecule has 1 N–H and O–H groups in total. The van der Waals surface area contributed by atoms with E-state index in [1.54, 1.807) is 72.8 Å². The predicted octanol–water partition coefficient (Wildman–Crippen LogP) is 6.64. The Morgan fingerprint density at radius 1 is 0.755 bits per heavy atom. The second-order valence-electron chi connectivity index (χ2n) is 13.6. The zero-order valence-electron chi connectivity index (χ0n) is 26.5. The van der Waals surface area contributed by atoms with Crippen molar-refractivity contribution >= 4 is 46.1 Å². The average Bonchev–Trinajstić information content (AvgIpc) is 3.73. The second-order valence-corrected chi connectivity index (χ2v) is 13.6. The van der Waals surface area contributed by atoms with Crippen LogP contribution in [0.4, 0.5) is 11.4 Å². The number of hydrogen-bond donors (Lipinski definition) is 1. The highest BCUT2D eigenvalue weighted by Crippen LogP contribution is 2.64. The molecule has 0 bridgehead atoms. The number of carbonyl (C=O) groups excluding carboxylic acids is 4. The van der Waals surface area contributed by atoms with E-state index in [0.29, 0.717) is 40.4 Å². The van der Waals surface area contributed by atoms with Gasteiger partial charge in [0.05, 0.1) is 34.5 Å². The number of nitrogens with zero attached hydrogens (tertiary/aromatic N) is 3. The Balaban J connectivity index is 1.10. The van der Waals surface area contributed by atoms with Gasteiger partial charge in [0, 0.05) is 17.0 Å². The lowest BCUT2D eigenvalue weighted by Gasteiger charge is -2.49. The number of para-hydroxylation sites is 4. The smallest absolute Gasteiger partial charge is 0.241 e. The van der Waals surface area contributed by atoms with Gasteiger partial charge in [-0.05, 0) is 80.3 Å². The SMILES string of the molecule is C[C@@]12C(=O)N(c3ccccc3)C(=O)[C@@H]1C[C@@H]1C(=CC[C@@H]3C(=O)N(c4ccc(-c5nc6ccccc6o5)cc4)C(=O)[C@@H]31)[C@@H]2c1ccccc1O. The summed E-state index contributed by atoms with van der Waals surface area (Å²) >= 11 is 0. The number of aromatic hydroxyl groups is 1. The summed E-state index contributed by atoms with van der Waals surface area (Å²) in [5.41, 5.74) is 3.19. The maximum absolute atomic E-state index is 14.5. The Bertz CT molecular complexity index is 2210. The molecular weight excluding hydrogens is 618 g/mol. The van der Waals surface area contributed by atoms with E-state index in [1.165, 1.54) is 9.80 Å². The largest absolute Gasteiger partial charge is 0.508 e. The van der Waals surface area contributed by atoms with Crippen LogP contribution in [0.3, 0.4) is 0 Å². The van der Waals surface area contributed by atoms with E-state index < -0.39 is 35.0 Å². The van der Waals surface area contributed by atoms with Crippen LogP contribution in [0.15, 0.2) is 119 Å². The minimum atomic E-state index is -1.22. The minimum Gasteiger partial charge on any atom is -0.508 e. The maximum atomic E-state index is 14.5. The first kappa shape index (κ1) is 29.3. The number of aromatic nitrogens is 1. The number of carbonyl (C=O) groups is 4. The van der Waals surface area contributed by atoms with Gasteiger partial charge in [-0.25, -0.2) is 9.88 Å². The number of allylic oxidation sites excluding steroid dienone is 2. The first-order valence-corrected chi connectivity index (χ1v) is 16.5. The van der Waals surface area contributed by atoms with Gasteiger partial charge in [-0.2, -0.15) is 0 Å². The quantitative estimate of drug-likeness (QED) is 0.171. The summed E-state index contributed by atoms with van der Waals surface area (Å²) in [6, 6.07) is 30.3. The molecule has 0 unspecified atom stereocenters. The molecule has 9 rings (SSSR count). The molecule has 0 spiro atoms. The fourth-order valence-electron chi connectivity index (χ4n) is 8.92. The number of imide groups is 2. The molecule has 242 valence electrons. The van der Waals surface area contributed by atoms with Gasteiger partial charge >= 0.3 is 0 Å². The summed E-state index contributed by atoms with van der Waals surface area (Å²) in [5, 5.41) is 11.2. The molecule has 9 nitrogen and oxygen atoms in total. The number of fused-ring (bicyclic) bond motifs is 5. The van der Waals surface area contributed by atoms with E-state index in [-0.39, 0.29) is 35.8 Å². The van der Waals surface area contributed by atoms with Gasteiger partial charge in [0.15, 0.2) is 5.58 Å². The number of hydrogen-bond acceptors (Lipinski definition) is 7. The van der Waals surface area contributed by atoms with Gasteiger partial charge in [0.25, 0.3) is 0 Å². The molecular formula is C40H31N3O6. The molecule has 4 aliphatic rings. The third-order valence-corrected chi connectivity index (χ3v) is 11.2. The van der Waals surface area contributed by atoms with Crippen molar-refractivity contribution in [2.75, 3.05) is 9.80 Å². The van der Waals surface area contributed by atoms with Crippen molar-refractivity contribution in [2.45, 2.75) is 25.7 Å². The van der Waals surface area contributed by atoms with Crippen molar-refractivity contribution < 1.29 is 28.7 Å². The second kappa shape index (κ2) is 10.6. The standard InChI is InChI=1S/C40H31N3O6/c1-40-29(37(46)43(39(40)48)23-9-3-2-4-10-23)21-28-25(34(40)26-11-5-7-13-31(26)44)19-20-27-33(28)38(47)42(36(27)45)24-17-15-22(16-18-24)35-41-30-12-6-8-14-32(30)49-35/h2-19,27-29,33-34,44H,20-21H2,1H3/t27-,28+,29-,33-,34+,40+/m0/s1. The van der Waals surface area contributed by atoms with E-state index in [2.05, 4.69) is 4.98 Å². The summed E-state index contributed by atoms with van der Waals surface area (Å²) < 4.78 is 5.91. The van der Waals surface area contributed by atoms with Crippen molar-refractivity contribution in [2.24, 2.45) is 29.1 Å². The average molecular weight is 650 g/mol. The Morgan fingerprint density at radius 3 is 2.20 bits per heavy atom. The molecule has 2 saturated heterocycles. The van der Waals surface area contributed by atoms with E-state index >= 15 is 0 Å². The lowest BCUT2D eigenvalue weighted by Crippen LogP contribution is -2.48. The van der Waals surface area contributed by atoms with E-state index in [9.17, 15) is 24.3 Å². The van der Waals surface area contributed by atoms with Gasteiger partial charge in [0.1, 0.15) is 11.3 Å². The van der Waals surface area contributed by atoms with Crippen molar-refractivity contribution in [1.29, 1.82) is 0 Å². The molecule has 3 fully saturated rings. The third kappa shape index (κ3) is 4.08. The normalized spacial score (nSPS) is 27.7. The van der Waals surface area contributed by atoms with Crippen molar-refractivity contribution in [1.82, 2.24) is 4.98 Å². The van der Waals surface area contributed by atoms with Crippen molar-refractivity contribution in [3.63, 3.8) is 0 Å². The molecule has 4 aromatic carbocycles. The van der Waals surface area contributed by atoms with Gasteiger partial charge in [-0.15, -0.1) is 0 Å². The Hall–Kier alpha value is -5.83. The van der Waals surface area contributed by atoms with Gasteiger partial charge in [-0.1, -0.05) is 60.2 Å². The van der Waals surface area contributed by atoms with Crippen LogP contribution in [-0.4, -0.2) is 33.7 Å². The Labute approximate surface area is 281 Å². The van der Waals surface area contributed by atoms with Crippen molar-refractivity contribution in [3.05, 3.63) is 120 Å². The van der Waals surface area contributed by atoms with Gasteiger partial charge < -0.3 is 9.52 Å². The number of phenols is 1. The fourth-order valence-corrected chi connectivity index (χ4v) is 8.92. The monoisotopic (exact) mass is 649 g/mol. The lowest BCUT2D eigenvalue weighted by atomic mass is 9.51. The summed E-state index contributed by atoms with van der Waals surface area (Å²) in [4.78, 5) is 64.3. The zero-order valence-corrected chi connectivity index (χ0v) is 26.5. The molecule has 49 heavy (non-hydrogen) atoms.